The largest absolute Gasteiger partial charge is 0.444 e. The molecule has 2 N–H and O–H groups in total. The number of oxazole rings is 1. The summed E-state index contributed by atoms with van der Waals surface area (Å²) in [5.41, 5.74) is 1.67. The lowest BCUT2D eigenvalue weighted by Gasteiger charge is -2.22. The molecule has 102 valence electrons. The van der Waals surface area contributed by atoms with Crippen LogP contribution in [0, 0.1) is 0 Å². The molecule has 6 heteroatoms. The number of hydrogen-bond acceptors (Lipinski definition) is 5. The molecule has 0 aliphatic carbocycles. The van der Waals surface area contributed by atoms with Crippen LogP contribution in [-0.4, -0.2) is 22.8 Å². The van der Waals surface area contributed by atoms with E-state index < -0.39 is 6.04 Å². The van der Waals surface area contributed by atoms with Gasteiger partial charge in [-0.2, -0.15) is 0 Å². The fourth-order valence-electron chi connectivity index (χ4n) is 2.15. The molecule has 1 aliphatic rings. The third kappa shape index (κ3) is 2.54. The van der Waals surface area contributed by atoms with Crippen molar-refractivity contribution in [1.82, 2.24) is 10.3 Å². The first kappa shape index (κ1) is 12.4. The number of piperidine rings is 1. The van der Waals surface area contributed by atoms with E-state index in [9.17, 15) is 9.59 Å². The Morgan fingerprint density at radius 1 is 1.35 bits per heavy atom. The highest BCUT2D eigenvalue weighted by atomic mass is 16.3. The van der Waals surface area contributed by atoms with E-state index in [1.54, 1.807) is 6.20 Å². The lowest BCUT2D eigenvalue weighted by molar-refractivity contribution is -0.133. The normalized spacial score (nSPS) is 18.7. The summed E-state index contributed by atoms with van der Waals surface area (Å²) in [4.78, 5) is 26.7. The number of hydrogen-bond donors (Lipinski definition) is 2. The first-order valence-electron chi connectivity index (χ1n) is 6.31. The molecule has 20 heavy (non-hydrogen) atoms. The second-order valence-corrected chi connectivity index (χ2v) is 4.59. The van der Waals surface area contributed by atoms with Gasteiger partial charge in [-0.1, -0.05) is 12.1 Å². The average Bonchev–Trinajstić information content (AvgIpc) is 2.96. The number of carbonyl (C=O) groups is 2. The van der Waals surface area contributed by atoms with Gasteiger partial charge in [-0.25, -0.2) is 4.98 Å². The molecule has 0 spiro atoms. The van der Waals surface area contributed by atoms with E-state index in [4.69, 9.17) is 4.42 Å². The van der Waals surface area contributed by atoms with E-state index >= 15 is 0 Å². The van der Waals surface area contributed by atoms with Crippen LogP contribution in [0.3, 0.4) is 0 Å². The standard InChI is InChI=1S/C14H13N3O3/c18-13-5-4-11(14(19)17-13)16-10-3-1-2-9(6-10)12-7-15-8-20-12/h1-3,6-8,11,16H,4-5H2,(H,17,18,19). The molecule has 1 fully saturated rings. The van der Waals surface area contributed by atoms with Crippen molar-refractivity contribution in [3.63, 3.8) is 0 Å². The van der Waals surface area contributed by atoms with Gasteiger partial charge in [0.15, 0.2) is 12.2 Å². The van der Waals surface area contributed by atoms with E-state index in [-0.39, 0.29) is 11.8 Å². The maximum Gasteiger partial charge on any atom is 0.249 e. The number of aromatic nitrogens is 1. The molecule has 0 bridgehead atoms. The van der Waals surface area contributed by atoms with Gasteiger partial charge in [-0.05, 0) is 18.6 Å². The number of nitrogens with one attached hydrogen (secondary N) is 2. The highest BCUT2D eigenvalue weighted by molar-refractivity contribution is 6.01. The van der Waals surface area contributed by atoms with Crippen molar-refractivity contribution in [1.29, 1.82) is 0 Å². The van der Waals surface area contributed by atoms with E-state index in [2.05, 4.69) is 15.6 Å². The number of benzene rings is 1. The van der Waals surface area contributed by atoms with Gasteiger partial charge in [0, 0.05) is 17.7 Å². The SMILES string of the molecule is O=C1CCC(Nc2cccc(-c3cnco3)c2)C(=O)N1. The van der Waals surface area contributed by atoms with E-state index in [0.717, 1.165) is 11.3 Å². The first-order chi connectivity index (χ1) is 9.72. The van der Waals surface area contributed by atoms with Crippen molar-refractivity contribution in [2.75, 3.05) is 5.32 Å². The van der Waals surface area contributed by atoms with Crippen LogP contribution in [0.2, 0.25) is 0 Å². The Morgan fingerprint density at radius 3 is 3.00 bits per heavy atom. The summed E-state index contributed by atoms with van der Waals surface area (Å²) in [6, 6.07) is 7.12. The van der Waals surface area contributed by atoms with Crippen LogP contribution in [0.1, 0.15) is 12.8 Å². The van der Waals surface area contributed by atoms with Gasteiger partial charge in [-0.15, -0.1) is 0 Å². The summed E-state index contributed by atoms with van der Waals surface area (Å²) < 4.78 is 5.24. The Bertz CT molecular complexity index is 637. The summed E-state index contributed by atoms with van der Waals surface area (Å²) in [6.07, 6.45) is 3.85. The summed E-state index contributed by atoms with van der Waals surface area (Å²) in [5.74, 6) is 0.159. The Balaban J connectivity index is 1.76. The monoisotopic (exact) mass is 271 g/mol. The number of anilines is 1. The Kier molecular flexibility index (Phi) is 3.20. The molecule has 2 aromatic rings. The molecular weight excluding hydrogens is 258 g/mol. The Morgan fingerprint density at radius 2 is 2.25 bits per heavy atom. The molecule has 3 rings (SSSR count). The molecule has 1 aromatic carbocycles. The number of imide groups is 1. The van der Waals surface area contributed by atoms with E-state index in [0.29, 0.717) is 18.6 Å². The van der Waals surface area contributed by atoms with Gasteiger partial charge in [-0.3, -0.25) is 14.9 Å². The van der Waals surface area contributed by atoms with Crippen molar-refractivity contribution in [3.05, 3.63) is 36.9 Å². The number of nitrogens with zero attached hydrogens (tertiary/aromatic N) is 1. The van der Waals surface area contributed by atoms with Crippen LogP contribution in [0.25, 0.3) is 11.3 Å². The van der Waals surface area contributed by atoms with Crippen LogP contribution in [0.4, 0.5) is 5.69 Å². The van der Waals surface area contributed by atoms with Crippen LogP contribution >= 0.6 is 0 Å². The van der Waals surface area contributed by atoms with E-state index in [1.807, 2.05) is 24.3 Å². The fourth-order valence-corrected chi connectivity index (χ4v) is 2.15. The Hall–Kier alpha value is -2.63. The van der Waals surface area contributed by atoms with Gasteiger partial charge < -0.3 is 9.73 Å². The third-order valence-corrected chi connectivity index (χ3v) is 3.16. The zero-order valence-electron chi connectivity index (χ0n) is 10.6. The van der Waals surface area contributed by atoms with Crippen molar-refractivity contribution in [2.45, 2.75) is 18.9 Å². The number of amides is 2. The molecule has 2 amide bonds. The zero-order chi connectivity index (χ0) is 13.9. The highest BCUT2D eigenvalue weighted by Crippen LogP contribution is 2.23. The maximum atomic E-state index is 11.7. The molecule has 6 nitrogen and oxygen atoms in total. The molecule has 2 heterocycles. The van der Waals surface area contributed by atoms with Gasteiger partial charge in [0.25, 0.3) is 0 Å². The fraction of sp³-hybridized carbons (Fsp3) is 0.214. The lowest BCUT2D eigenvalue weighted by atomic mass is 10.1. The molecule has 0 radical (unpaired) electrons. The summed E-state index contributed by atoms with van der Waals surface area (Å²) >= 11 is 0. The maximum absolute atomic E-state index is 11.7. The van der Waals surface area contributed by atoms with Gasteiger partial charge >= 0.3 is 0 Å². The van der Waals surface area contributed by atoms with Gasteiger partial charge in [0.05, 0.1) is 6.20 Å². The number of carbonyl (C=O) groups excluding carboxylic acids is 2. The van der Waals surface area contributed by atoms with Crippen LogP contribution < -0.4 is 10.6 Å². The molecule has 1 atom stereocenters. The second kappa shape index (κ2) is 5.16. The van der Waals surface area contributed by atoms with Crippen molar-refractivity contribution in [2.24, 2.45) is 0 Å². The topological polar surface area (TPSA) is 84.2 Å². The third-order valence-electron chi connectivity index (χ3n) is 3.16. The molecule has 1 saturated heterocycles. The van der Waals surface area contributed by atoms with Gasteiger partial charge in [0.2, 0.25) is 11.8 Å². The van der Waals surface area contributed by atoms with Crippen molar-refractivity contribution < 1.29 is 14.0 Å². The Labute approximate surface area is 115 Å². The minimum Gasteiger partial charge on any atom is -0.444 e. The van der Waals surface area contributed by atoms with Crippen LogP contribution in [0.15, 0.2) is 41.3 Å². The van der Waals surface area contributed by atoms with Gasteiger partial charge in [0.1, 0.15) is 6.04 Å². The minimum absolute atomic E-state index is 0.219. The average molecular weight is 271 g/mol. The second-order valence-electron chi connectivity index (χ2n) is 4.59. The molecular formula is C14H13N3O3. The minimum atomic E-state index is -0.391. The predicted molar refractivity (Wildman–Crippen MR) is 71.7 cm³/mol. The quantitative estimate of drug-likeness (QED) is 0.827. The lowest BCUT2D eigenvalue weighted by Crippen LogP contribution is -2.47. The van der Waals surface area contributed by atoms with Crippen molar-refractivity contribution >= 4 is 17.5 Å². The van der Waals surface area contributed by atoms with E-state index in [1.165, 1.54) is 6.39 Å². The smallest absolute Gasteiger partial charge is 0.249 e. The highest BCUT2D eigenvalue weighted by Gasteiger charge is 2.26. The summed E-state index contributed by atoms with van der Waals surface area (Å²) in [6.45, 7) is 0. The molecule has 1 aromatic heterocycles. The molecule has 1 aliphatic heterocycles. The molecule has 0 saturated carbocycles. The van der Waals surface area contributed by atoms with Crippen molar-refractivity contribution in [3.8, 4) is 11.3 Å². The van der Waals surface area contributed by atoms with Crippen LogP contribution in [0.5, 0.6) is 0 Å². The summed E-state index contributed by atoms with van der Waals surface area (Å²) in [7, 11) is 0. The molecule has 1 unspecified atom stereocenters. The predicted octanol–water partition coefficient (Wildman–Crippen LogP) is 1.56. The van der Waals surface area contributed by atoms with Crippen LogP contribution in [-0.2, 0) is 9.59 Å². The first-order valence-corrected chi connectivity index (χ1v) is 6.31. The zero-order valence-corrected chi connectivity index (χ0v) is 10.6. The number of rotatable bonds is 3. The summed E-state index contributed by atoms with van der Waals surface area (Å²) in [5, 5.41) is 5.45.